The highest BCUT2D eigenvalue weighted by atomic mass is 16.1. The number of pyridine rings is 1. The van der Waals surface area contributed by atoms with Gasteiger partial charge in [0.15, 0.2) is 0 Å². The van der Waals surface area contributed by atoms with Crippen LogP contribution in [0, 0.1) is 0 Å². The van der Waals surface area contributed by atoms with Crippen molar-refractivity contribution in [3.8, 4) is 0 Å². The molecule has 20 heavy (non-hydrogen) atoms. The lowest BCUT2D eigenvalue weighted by atomic mass is 10.3. The molecule has 1 amide bonds. The maximum absolute atomic E-state index is 12.0. The summed E-state index contributed by atoms with van der Waals surface area (Å²) < 4.78 is 0. The fraction of sp³-hybridized carbons (Fsp3) is 0.133. The summed E-state index contributed by atoms with van der Waals surface area (Å²) in [5.41, 5.74) is 2.25. The van der Waals surface area contributed by atoms with Gasteiger partial charge in [-0.05, 0) is 31.2 Å². The summed E-state index contributed by atoms with van der Waals surface area (Å²) >= 11 is 0. The first-order chi connectivity index (χ1) is 9.74. The second kappa shape index (κ2) is 5.13. The maximum Gasteiger partial charge on any atom is 0.270 e. The number of aromatic nitrogens is 3. The van der Waals surface area contributed by atoms with E-state index in [1.165, 1.54) is 0 Å². The summed E-state index contributed by atoms with van der Waals surface area (Å²) in [6, 6.07) is 12.8. The summed E-state index contributed by atoms with van der Waals surface area (Å²) in [5, 5.41) is 2.88. The summed E-state index contributed by atoms with van der Waals surface area (Å²) in [6.45, 7) is 1.89. The average molecular weight is 266 g/mol. The topological polar surface area (TPSA) is 70.7 Å². The highest BCUT2D eigenvalue weighted by Gasteiger charge is 2.15. The van der Waals surface area contributed by atoms with Crippen LogP contribution in [0.2, 0.25) is 0 Å². The van der Waals surface area contributed by atoms with Gasteiger partial charge in [-0.1, -0.05) is 18.2 Å². The molecular weight excluding hydrogens is 252 g/mol. The number of nitrogens with zero attached hydrogens (tertiary/aromatic N) is 2. The first-order valence-corrected chi connectivity index (χ1v) is 6.40. The maximum atomic E-state index is 12.0. The van der Waals surface area contributed by atoms with Crippen LogP contribution < -0.4 is 5.32 Å². The van der Waals surface area contributed by atoms with E-state index < -0.39 is 0 Å². The number of imidazole rings is 1. The molecule has 0 bridgehead atoms. The molecular formula is C15H14N4O. The summed E-state index contributed by atoms with van der Waals surface area (Å²) in [7, 11) is 0. The molecule has 5 nitrogen and oxygen atoms in total. The minimum absolute atomic E-state index is 0.210. The minimum atomic E-state index is -0.211. The molecule has 100 valence electrons. The zero-order valence-electron chi connectivity index (χ0n) is 11.0. The number of hydrogen-bond acceptors (Lipinski definition) is 3. The number of rotatable bonds is 3. The van der Waals surface area contributed by atoms with Gasteiger partial charge in [0, 0.05) is 6.20 Å². The molecule has 3 rings (SSSR count). The molecule has 0 saturated carbocycles. The van der Waals surface area contributed by atoms with Crippen molar-refractivity contribution in [2.75, 3.05) is 0 Å². The number of carbonyl (C=O) groups excluding carboxylic acids is 1. The van der Waals surface area contributed by atoms with Crippen LogP contribution in [-0.2, 0) is 0 Å². The SMILES string of the molecule is C[C@H](NC(=O)c1ccccn1)c1nc2ccccc2[nH]1. The smallest absolute Gasteiger partial charge is 0.270 e. The number of para-hydroxylation sites is 2. The van der Waals surface area contributed by atoms with Crippen LogP contribution in [-0.4, -0.2) is 20.9 Å². The molecule has 2 aromatic heterocycles. The molecule has 0 aliphatic heterocycles. The van der Waals surface area contributed by atoms with Gasteiger partial charge in [0.1, 0.15) is 11.5 Å². The Balaban J connectivity index is 1.79. The Bertz CT molecular complexity index is 703. The zero-order valence-corrected chi connectivity index (χ0v) is 11.0. The van der Waals surface area contributed by atoms with E-state index in [1.54, 1.807) is 24.4 Å². The van der Waals surface area contributed by atoms with Crippen LogP contribution in [0.15, 0.2) is 48.7 Å². The first kappa shape index (κ1) is 12.3. The van der Waals surface area contributed by atoms with Gasteiger partial charge in [-0.3, -0.25) is 9.78 Å². The van der Waals surface area contributed by atoms with E-state index in [9.17, 15) is 4.79 Å². The van der Waals surface area contributed by atoms with Crippen molar-refractivity contribution in [3.05, 3.63) is 60.2 Å². The third-order valence-corrected chi connectivity index (χ3v) is 3.06. The predicted molar refractivity (Wildman–Crippen MR) is 76.2 cm³/mol. The molecule has 0 aliphatic rings. The molecule has 1 aromatic carbocycles. The second-order valence-electron chi connectivity index (χ2n) is 4.55. The highest BCUT2D eigenvalue weighted by molar-refractivity contribution is 5.92. The lowest BCUT2D eigenvalue weighted by Crippen LogP contribution is -2.28. The van der Waals surface area contributed by atoms with Crippen molar-refractivity contribution in [3.63, 3.8) is 0 Å². The molecule has 3 aromatic rings. The van der Waals surface area contributed by atoms with Crippen LogP contribution in [0.5, 0.6) is 0 Å². The van der Waals surface area contributed by atoms with E-state index in [0.717, 1.165) is 16.9 Å². The molecule has 2 N–H and O–H groups in total. The van der Waals surface area contributed by atoms with Crippen molar-refractivity contribution in [1.82, 2.24) is 20.3 Å². The van der Waals surface area contributed by atoms with Crippen molar-refractivity contribution >= 4 is 16.9 Å². The van der Waals surface area contributed by atoms with E-state index in [1.807, 2.05) is 31.2 Å². The molecule has 0 fully saturated rings. The fourth-order valence-corrected chi connectivity index (χ4v) is 2.01. The third-order valence-electron chi connectivity index (χ3n) is 3.06. The van der Waals surface area contributed by atoms with Gasteiger partial charge < -0.3 is 10.3 Å². The Morgan fingerprint density at radius 2 is 2.00 bits per heavy atom. The molecule has 5 heteroatoms. The third kappa shape index (κ3) is 2.38. The minimum Gasteiger partial charge on any atom is -0.341 e. The Labute approximate surface area is 116 Å². The fourth-order valence-electron chi connectivity index (χ4n) is 2.01. The van der Waals surface area contributed by atoms with Crippen LogP contribution in [0.25, 0.3) is 11.0 Å². The van der Waals surface area contributed by atoms with E-state index in [0.29, 0.717) is 5.69 Å². The number of fused-ring (bicyclic) bond motifs is 1. The number of amides is 1. The van der Waals surface area contributed by atoms with Gasteiger partial charge in [-0.2, -0.15) is 0 Å². The quantitative estimate of drug-likeness (QED) is 0.765. The Hall–Kier alpha value is -2.69. The van der Waals surface area contributed by atoms with Crippen molar-refractivity contribution in [2.24, 2.45) is 0 Å². The lowest BCUT2D eigenvalue weighted by molar-refractivity contribution is 0.0933. The highest BCUT2D eigenvalue weighted by Crippen LogP contribution is 2.15. The van der Waals surface area contributed by atoms with E-state index in [-0.39, 0.29) is 11.9 Å². The molecule has 0 aliphatic carbocycles. The van der Waals surface area contributed by atoms with Gasteiger partial charge in [-0.25, -0.2) is 4.98 Å². The number of H-pyrrole nitrogens is 1. The molecule has 1 atom stereocenters. The van der Waals surface area contributed by atoms with Crippen molar-refractivity contribution in [2.45, 2.75) is 13.0 Å². The van der Waals surface area contributed by atoms with E-state index >= 15 is 0 Å². The van der Waals surface area contributed by atoms with Gasteiger partial charge in [0.25, 0.3) is 5.91 Å². The standard InChI is InChI=1S/C15H14N4O/c1-10(17-15(20)13-8-4-5-9-16-13)14-18-11-6-2-3-7-12(11)19-14/h2-10H,1H3,(H,17,20)(H,18,19)/t10-/m0/s1. The number of nitrogens with one attached hydrogen (secondary N) is 2. The summed E-state index contributed by atoms with van der Waals surface area (Å²) in [4.78, 5) is 23.7. The van der Waals surface area contributed by atoms with Gasteiger partial charge >= 0.3 is 0 Å². The van der Waals surface area contributed by atoms with Crippen molar-refractivity contribution < 1.29 is 4.79 Å². The second-order valence-corrected chi connectivity index (χ2v) is 4.55. The Kier molecular flexibility index (Phi) is 3.16. The average Bonchev–Trinajstić information content (AvgIpc) is 2.92. The summed E-state index contributed by atoms with van der Waals surface area (Å²) in [6.07, 6.45) is 1.60. The molecule has 0 saturated heterocycles. The Morgan fingerprint density at radius 3 is 2.75 bits per heavy atom. The summed E-state index contributed by atoms with van der Waals surface area (Å²) in [5.74, 6) is 0.522. The monoisotopic (exact) mass is 266 g/mol. The molecule has 2 heterocycles. The molecule has 0 spiro atoms. The van der Waals surface area contributed by atoms with Gasteiger partial charge in [0.2, 0.25) is 0 Å². The van der Waals surface area contributed by atoms with Gasteiger partial charge in [-0.15, -0.1) is 0 Å². The number of aromatic amines is 1. The molecule has 0 unspecified atom stereocenters. The van der Waals surface area contributed by atoms with Crippen molar-refractivity contribution in [1.29, 1.82) is 0 Å². The van der Waals surface area contributed by atoms with Gasteiger partial charge in [0.05, 0.1) is 17.1 Å². The normalized spacial score (nSPS) is 12.2. The number of benzene rings is 1. The first-order valence-electron chi connectivity index (χ1n) is 6.40. The van der Waals surface area contributed by atoms with E-state index in [4.69, 9.17) is 0 Å². The van der Waals surface area contributed by atoms with Crippen LogP contribution in [0.3, 0.4) is 0 Å². The lowest BCUT2D eigenvalue weighted by Gasteiger charge is -2.10. The number of carbonyl (C=O) groups is 1. The number of hydrogen-bond donors (Lipinski definition) is 2. The largest absolute Gasteiger partial charge is 0.341 e. The van der Waals surface area contributed by atoms with Crippen LogP contribution >= 0.6 is 0 Å². The zero-order chi connectivity index (χ0) is 13.9. The van der Waals surface area contributed by atoms with E-state index in [2.05, 4.69) is 20.3 Å². The van der Waals surface area contributed by atoms with Crippen LogP contribution in [0.4, 0.5) is 0 Å². The predicted octanol–water partition coefficient (Wildman–Crippen LogP) is 2.45. The Morgan fingerprint density at radius 1 is 1.20 bits per heavy atom. The van der Waals surface area contributed by atoms with Crippen LogP contribution in [0.1, 0.15) is 29.3 Å². The molecule has 0 radical (unpaired) electrons.